The number of nitrogens with zero attached hydrogens (tertiary/aromatic N) is 1. The summed E-state index contributed by atoms with van der Waals surface area (Å²) in [7, 11) is 1.81. The van der Waals surface area contributed by atoms with Crippen molar-refractivity contribution in [1.29, 1.82) is 0 Å². The number of thiocarbonyl (C=S) groups is 1. The van der Waals surface area contributed by atoms with Crippen molar-refractivity contribution < 1.29 is 9.18 Å². The van der Waals surface area contributed by atoms with E-state index in [-0.39, 0.29) is 11.7 Å². The molecule has 128 valence electrons. The molecule has 1 atom stereocenters. The molecule has 0 saturated heterocycles. The van der Waals surface area contributed by atoms with Crippen molar-refractivity contribution >= 4 is 28.9 Å². The van der Waals surface area contributed by atoms with Gasteiger partial charge in [-0.15, -0.1) is 0 Å². The topological polar surface area (TPSA) is 44.4 Å². The number of allylic oxidation sites excluding steroid dienone is 1. The highest BCUT2D eigenvalue weighted by molar-refractivity contribution is 7.80. The first-order valence-electron chi connectivity index (χ1n) is 7.84. The molecule has 0 saturated carbocycles. The molecule has 1 amide bonds. The zero-order valence-electron chi connectivity index (χ0n) is 13.9. The summed E-state index contributed by atoms with van der Waals surface area (Å²) in [5.74, 6) is -0.546. The summed E-state index contributed by atoms with van der Waals surface area (Å²) < 4.78 is 13.3. The summed E-state index contributed by atoms with van der Waals surface area (Å²) in [5.41, 5.74) is 2.79. The van der Waals surface area contributed by atoms with Crippen molar-refractivity contribution in [3.05, 3.63) is 77.2 Å². The summed E-state index contributed by atoms with van der Waals surface area (Å²) in [4.78, 5) is 14.7. The molecule has 2 aromatic rings. The first-order chi connectivity index (χ1) is 12.0. The predicted molar refractivity (Wildman–Crippen MR) is 100 cm³/mol. The molecule has 25 heavy (non-hydrogen) atoms. The van der Waals surface area contributed by atoms with Crippen LogP contribution < -0.4 is 10.6 Å². The van der Waals surface area contributed by atoms with E-state index in [2.05, 4.69) is 10.6 Å². The van der Waals surface area contributed by atoms with Gasteiger partial charge in [-0.3, -0.25) is 4.79 Å². The minimum Gasteiger partial charge on any atom is -0.351 e. The third-order valence-corrected chi connectivity index (χ3v) is 4.63. The molecule has 0 aromatic heterocycles. The Bertz CT molecular complexity index is 834. The zero-order chi connectivity index (χ0) is 18.0. The molecule has 0 aliphatic carbocycles. The van der Waals surface area contributed by atoms with Gasteiger partial charge < -0.3 is 15.5 Å². The van der Waals surface area contributed by atoms with E-state index in [4.69, 9.17) is 12.2 Å². The predicted octanol–water partition coefficient (Wildman–Crippen LogP) is 3.60. The van der Waals surface area contributed by atoms with Crippen LogP contribution in [0.1, 0.15) is 18.5 Å². The third-order valence-electron chi connectivity index (χ3n) is 4.23. The maximum Gasteiger partial charge on any atom is 0.255 e. The Morgan fingerprint density at radius 2 is 1.80 bits per heavy atom. The van der Waals surface area contributed by atoms with E-state index in [9.17, 15) is 9.18 Å². The van der Waals surface area contributed by atoms with Crippen LogP contribution in [0.25, 0.3) is 0 Å². The Labute approximate surface area is 151 Å². The molecule has 1 aliphatic heterocycles. The Hall–Kier alpha value is -2.73. The van der Waals surface area contributed by atoms with Gasteiger partial charge in [0.25, 0.3) is 5.91 Å². The molecule has 1 unspecified atom stereocenters. The lowest BCUT2D eigenvalue weighted by Crippen LogP contribution is -2.46. The van der Waals surface area contributed by atoms with E-state index >= 15 is 0 Å². The molecule has 4 nitrogen and oxygen atoms in total. The van der Waals surface area contributed by atoms with Crippen LogP contribution in [-0.2, 0) is 4.79 Å². The average molecular weight is 355 g/mol. The van der Waals surface area contributed by atoms with E-state index in [1.807, 2.05) is 37.3 Å². The van der Waals surface area contributed by atoms with E-state index in [0.717, 1.165) is 11.3 Å². The van der Waals surface area contributed by atoms with Crippen molar-refractivity contribution in [3.8, 4) is 0 Å². The molecule has 0 fully saturated rings. The van der Waals surface area contributed by atoms with Gasteiger partial charge in [0.2, 0.25) is 0 Å². The molecular formula is C19H18FN3OS. The van der Waals surface area contributed by atoms with Gasteiger partial charge in [-0.05, 0) is 49.0 Å². The van der Waals surface area contributed by atoms with Crippen LogP contribution in [-0.4, -0.2) is 23.0 Å². The summed E-state index contributed by atoms with van der Waals surface area (Å²) in [6, 6.07) is 14.9. The van der Waals surface area contributed by atoms with E-state index in [1.165, 1.54) is 12.1 Å². The van der Waals surface area contributed by atoms with Gasteiger partial charge in [-0.2, -0.15) is 0 Å². The number of benzene rings is 2. The lowest BCUT2D eigenvalue weighted by Gasteiger charge is -2.35. The maximum atomic E-state index is 13.3. The van der Waals surface area contributed by atoms with Gasteiger partial charge in [-0.25, -0.2) is 4.39 Å². The van der Waals surface area contributed by atoms with E-state index in [1.54, 1.807) is 24.1 Å². The third kappa shape index (κ3) is 3.53. The number of carbonyl (C=O) groups excluding carboxylic acids is 1. The molecule has 0 radical (unpaired) electrons. The number of anilines is 1. The van der Waals surface area contributed by atoms with Crippen molar-refractivity contribution in [3.63, 3.8) is 0 Å². The Morgan fingerprint density at radius 1 is 1.16 bits per heavy atom. The normalized spacial score (nSPS) is 17.3. The summed E-state index contributed by atoms with van der Waals surface area (Å²) in [5, 5.41) is 6.59. The van der Waals surface area contributed by atoms with E-state index < -0.39 is 6.04 Å². The highest BCUT2D eigenvalue weighted by Gasteiger charge is 2.32. The Kier molecular flexibility index (Phi) is 4.81. The molecule has 2 aromatic carbocycles. The fraction of sp³-hybridized carbons (Fsp3) is 0.158. The van der Waals surface area contributed by atoms with Crippen LogP contribution in [0.5, 0.6) is 0 Å². The highest BCUT2D eigenvalue weighted by atomic mass is 32.1. The minimum atomic E-state index is -0.437. The highest BCUT2D eigenvalue weighted by Crippen LogP contribution is 2.30. The zero-order valence-corrected chi connectivity index (χ0v) is 14.7. The number of amides is 1. The Morgan fingerprint density at radius 3 is 2.44 bits per heavy atom. The number of hydrogen-bond donors (Lipinski definition) is 2. The number of carbonyl (C=O) groups is 1. The van der Waals surface area contributed by atoms with Crippen LogP contribution in [0.15, 0.2) is 65.9 Å². The number of hydrogen-bond acceptors (Lipinski definition) is 2. The van der Waals surface area contributed by atoms with Gasteiger partial charge in [-0.1, -0.05) is 30.3 Å². The summed E-state index contributed by atoms with van der Waals surface area (Å²) >= 11 is 5.35. The van der Waals surface area contributed by atoms with Gasteiger partial charge in [0.1, 0.15) is 5.82 Å². The average Bonchev–Trinajstić information content (AvgIpc) is 2.61. The van der Waals surface area contributed by atoms with Crippen molar-refractivity contribution in [2.24, 2.45) is 0 Å². The molecule has 2 N–H and O–H groups in total. The SMILES string of the molecule is CC1=C(C(=O)Nc2ccccc2)C(c2ccc(F)cc2)NC(=S)N1C. The van der Waals surface area contributed by atoms with Crippen LogP contribution >= 0.6 is 12.2 Å². The fourth-order valence-electron chi connectivity index (χ4n) is 2.75. The molecule has 1 heterocycles. The van der Waals surface area contributed by atoms with Crippen molar-refractivity contribution in [2.75, 3.05) is 12.4 Å². The largest absolute Gasteiger partial charge is 0.351 e. The standard InChI is InChI=1S/C19H18FN3OS/c1-12-16(18(24)21-15-6-4-3-5-7-15)17(22-19(25)23(12)2)13-8-10-14(20)11-9-13/h3-11,17H,1-2H3,(H,21,24)(H,22,25). The number of nitrogens with one attached hydrogen (secondary N) is 2. The smallest absolute Gasteiger partial charge is 0.255 e. The van der Waals surface area contributed by atoms with Crippen molar-refractivity contribution in [1.82, 2.24) is 10.2 Å². The molecule has 3 rings (SSSR count). The second kappa shape index (κ2) is 7.03. The number of para-hydroxylation sites is 1. The second-order valence-corrected chi connectivity index (χ2v) is 6.20. The van der Waals surface area contributed by atoms with Crippen LogP contribution in [0.3, 0.4) is 0 Å². The monoisotopic (exact) mass is 355 g/mol. The van der Waals surface area contributed by atoms with Gasteiger partial charge >= 0.3 is 0 Å². The second-order valence-electron chi connectivity index (χ2n) is 5.81. The summed E-state index contributed by atoms with van der Waals surface area (Å²) in [6.45, 7) is 1.85. The van der Waals surface area contributed by atoms with Gasteiger partial charge in [0.05, 0.1) is 11.6 Å². The Balaban J connectivity index is 1.99. The van der Waals surface area contributed by atoms with Crippen molar-refractivity contribution in [2.45, 2.75) is 13.0 Å². The first kappa shape index (κ1) is 17.1. The lowest BCUT2D eigenvalue weighted by atomic mass is 9.94. The van der Waals surface area contributed by atoms with Crippen LogP contribution in [0.2, 0.25) is 0 Å². The van der Waals surface area contributed by atoms with Gasteiger partial charge in [0.15, 0.2) is 5.11 Å². The molecule has 6 heteroatoms. The van der Waals surface area contributed by atoms with E-state index in [0.29, 0.717) is 16.4 Å². The number of rotatable bonds is 3. The van der Waals surface area contributed by atoms with Crippen LogP contribution in [0.4, 0.5) is 10.1 Å². The van der Waals surface area contributed by atoms with Gasteiger partial charge in [0, 0.05) is 18.4 Å². The molecule has 0 spiro atoms. The molecule has 0 bridgehead atoms. The lowest BCUT2D eigenvalue weighted by molar-refractivity contribution is -0.113. The number of halogens is 1. The first-order valence-corrected chi connectivity index (χ1v) is 8.25. The molecular weight excluding hydrogens is 337 g/mol. The van der Waals surface area contributed by atoms with Crippen LogP contribution in [0, 0.1) is 5.82 Å². The fourth-order valence-corrected chi connectivity index (χ4v) is 3.01. The minimum absolute atomic E-state index is 0.222. The molecule has 1 aliphatic rings. The quantitative estimate of drug-likeness (QED) is 0.826. The summed E-state index contributed by atoms with van der Waals surface area (Å²) in [6.07, 6.45) is 0. The maximum absolute atomic E-state index is 13.3.